The lowest BCUT2D eigenvalue weighted by molar-refractivity contribution is -0.125. The SMILES string of the molecule is Cc1cc(CNC(=O)C2CCC(=O)N2)no1. The van der Waals surface area contributed by atoms with E-state index >= 15 is 0 Å². The van der Waals surface area contributed by atoms with E-state index in [4.69, 9.17) is 4.52 Å². The Morgan fingerprint density at radius 1 is 1.75 bits per heavy atom. The molecule has 1 unspecified atom stereocenters. The summed E-state index contributed by atoms with van der Waals surface area (Å²) in [7, 11) is 0. The van der Waals surface area contributed by atoms with Gasteiger partial charge in [0.05, 0.1) is 6.54 Å². The largest absolute Gasteiger partial charge is 0.361 e. The number of hydrogen-bond acceptors (Lipinski definition) is 4. The van der Waals surface area contributed by atoms with Crippen LogP contribution in [0.5, 0.6) is 0 Å². The molecule has 6 nitrogen and oxygen atoms in total. The standard InChI is InChI=1S/C10H13N3O3/c1-6-4-7(13-16-6)5-11-10(15)8-2-3-9(14)12-8/h4,8H,2-3,5H2,1H3,(H,11,15)(H,12,14). The first kappa shape index (κ1) is 10.7. The minimum atomic E-state index is -0.402. The van der Waals surface area contributed by atoms with Crippen LogP contribution in [0.25, 0.3) is 0 Å². The van der Waals surface area contributed by atoms with Crippen LogP contribution in [0, 0.1) is 6.92 Å². The molecule has 0 aromatic carbocycles. The number of carbonyl (C=O) groups is 2. The number of aromatic nitrogens is 1. The minimum Gasteiger partial charge on any atom is -0.361 e. The maximum absolute atomic E-state index is 11.6. The summed E-state index contributed by atoms with van der Waals surface area (Å²) in [5, 5.41) is 9.05. The van der Waals surface area contributed by atoms with Crippen LogP contribution in [0.15, 0.2) is 10.6 Å². The molecule has 2 rings (SSSR count). The van der Waals surface area contributed by atoms with Crippen LogP contribution < -0.4 is 10.6 Å². The van der Waals surface area contributed by atoms with Crippen LogP contribution in [-0.2, 0) is 16.1 Å². The maximum atomic E-state index is 11.6. The number of hydrogen-bond donors (Lipinski definition) is 2. The van der Waals surface area contributed by atoms with E-state index in [1.54, 1.807) is 13.0 Å². The van der Waals surface area contributed by atoms with E-state index in [-0.39, 0.29) is 11.8 Å². The van der Waals surface area contributed by atoms with Crippen molar-refractivity contribution in [2.45, 2.75) is 32.4 Å². The van der Waals surface area contributed by atoms with Crippen molar-refractivity contribution < 1.29 is 14.1 Å². The van der Waals surface area contributed by atoms with Crippen molar-refractivity contribution in [2.24, 2.45) is 0 Å². The molecule has 16 heavy (non-hydrogen) atoms. The Morgan fingerprint density at radius 3 is 3.12 bits per heavy atom. The fourth-order valence-electron chi connectivity index (χ4n) is 1.61. The van der Waals surface area contributed by atoms with Crippen LogP contribution in [0.1, 0.15) is 24.3 Å². The van der Waals surface area contributed by atoms with Gasteiger partial charge in [-0.15, -0.1) is 0 Å². The Labute approximate surface area is 92.4 Å². The predicted molar refractivity (Wildman–Crippen MR) is 54.3 cm³/mol. The van der Waals surface area contributed by atoms with E-state index in [0.717, 1.165) is 0 Å². The van der Waals surface area contributed by atoms with Crippen molar-refractivity contribution in [3.63, 3.8) is 0 Å². The average molecular weight is 223 g/mol. The Bertz CT molecular complexity index is 413. The quantitative estimate of drug-likeness (QED) is 0.748. The molecule has 0 radical (unpaired) electrons. The highest BCUT2D eigenvalue weighted by molar-refractivity contribution is 5.90. The molecule has 0 bridgehead atoms. The number of aryl methyl sites for hydroxylation is 1. The zero-order chi connectivity index (χ0) is 11.5. The molecule has 2 N–H and O–H groups in total. The lowest BCUT2D eigenvalue weighted by Gasteiger charge is -2.09. The molecule has 1 saturated heterocycles. The molecule has 1 fully saturated rings. The zero-order valence-corrected chi connectivity index (χ0v) is 8.95. The molecular formula is C10H13N3O3. The smallest absolute Gasteiger partial charge is 0.242 e. The maximum Gasteiger partial charge on any atom is 0.242 e. The third kappa shape index (κ3) is 2.39. The van der Waals surface area contributed by atoms with Crippen LogP contribution in [0.2, 0.25) is 0 Å². The molecule has 1 aliphatic rings. The van der Waals surface area contributed by atoms with Crippen molar-refractivity contribution in [3.05, 3.63) is 17.5 Å². The summed E-state index contributed by atoms with van der Waals surface area (Å²) in [4.78, 5) is 22.5. The lowest BCUT2D eigenvalue weighted by Crippen LogP contribution is -2.41. The van der Waals surface area contributed by atoms with Gasteiger partial charge in [0.25, 0.3) is 0 Å². The molecule has 0 saturated carbocycles. The van der Waals surface area contributed by atoms with Gasteiger partial charge in [-0.25, -0.2) is 0 Å². The second-order valence-corrected chi connectivity index (χ2v) is 3.81. The normalized spacial score (nSPS) is 19.6. The first-order chi connectivity index (χ1) is 7.65. The van der Waals surface area contributed by atoms with Crippen molar-refractivity contribution >= 4 is 11.8 Å². The van der Waals surface area contributed by atoms with Crippen LogP contribution in [-0.4, -0.2) is 23.0 Å². The first-order valence-corrected chi connectivity index (χ1v) is 5.14. The van der Waals surface area contributed by atoms with Gasteiger partial charge in [-0.05, 0) is 13.3 Å². The van der Waals surface area contributed by atoms with Crippen molar-refractivity contribution in [2.75, 3.05) is 0 Å². The van der Waals surface area contributed by atoms with E-state index in [1.165, 1.54) is 0 Å². The van der Waals surface area contributed by atoms with Gasteiger partial charge in [-0.1, -0.05) is 5.16 Å². The van der Waals surface area contributed by atoms with E-state index < -0.39 is 6.04 Å². The van der Waals surface area contributed by atoms with Crippen molar-refractivity contribution in [1.29, 1.82) is 0 Å². The lowest BCUT2D eigenvalue weighted by atomic mass is 10.2. The van der Waals surface area contributed by atoms with Crippen molar-refractivity contribution in [3.8, 4) is 0 Å². The van der Waals surface area contributed by atoms with E-state index in [0.29, 0.717) is 30.8 Å². The number of rotatable bonds is 3. The topological polar surface area (TPSA) is 84.2 Å². The number of nitrogens with one attached hydrogen (secondary N) is 2. The van der Waals surface area contributed by atoms with Gasteiger partial charge >= 0.3 is 0 Å². The van der Waals surface area contributed by atoms with E-state index in [9.17, 15) is 9.59 Å². The Hall–Kier alpha value is -1.85. The minimum absolute atomic E-state index is 0.0718. The molecule has 0 spiro atoms. The molecule has 86 valence electrons. The van der Waals surface area contributed by atoms with Crippen LogP contribution in [0.3, 0.4) is 0 Å². The van der Waals surface area contributed by atoms with E-state index in [1.807, 2.05) is 0 Å². The highest BCUT2D eigenvalue weighted by Crippen LogP contribution is 2.07. The summed E-state index contributed by atoms with van der Waals surface area (Å²) in [6.45, 7) is 2.11. The third-order valence-corrected chi connectivity index (χ3v) is 2.43. The summed E-state index contributed by atoms with van der Waals surface area (Å²) in [6.07, 6.45) is 0.976. The van der Waals surface area contributed by atoms with Gasteiger partial charge in [0.15, 0.2) is 0 Å². The Kier molecular flexibility index (Phi) is 2.89. The Morgan fingerprint density at radius 2 is 2.56 bits per heavy atom. The summed E-state index contributed by atoms with van der Waals surface area (Å²) < 4.78 is 4.87. The molecule has 6 heteroatoms. The second-order valence-electron chi connectivity index (χ2n) is 3.81. The number of carbonyl (C=O) groups excluding carboxylic acids is 2. The fourth-order valence-corrected chi connectivity index (χ4v) is 1.61. The predicted octanol–water partition coefficient (Wildman–Crippen LogP) is -0.122. The fraction of sp³-hybridized carbons (Fsp3) is 0.500. The summed E-state index contributed by atoms with van der Waals surface area (Å²) >= 11 is 0. The third-order valence-electron chi connectivity index (χ3n) is 2.43. The molecule has 1 aromatic heterocycles. The highest BCUT2D eigenvalue weighted by atomic mass is 16.5. The van der Waals surface area contributed by atoms with Gasteiger partial charge in [-0.2, -0.15) is 0 Å². The van der Waals surface area contributed by atoms with E-state index in [2.05, 4.69) is 15.8 Å². The van der Waals surface area contributed by atoms with Gasteiger partial charge in [0, 0.05) is 12.5 Å². The van der Waals surface area contributed by atoms with Crippen LogP contribution >= 0.6 is 0 Å². The highest BCUT2D eigenvalue weighted by Gasteiger charge is 2.26. The molecule has 1 aromatic rings. The first-order valence-electron chi connectivity index (χ1n) is 5.14. The second kappa shape index (κ2) is 4.34. The van der Waals surface area contributed by atoms with Crippen molar-refractivity contribution in [1.82, 2.24) is 15.8 Å². The summed E-state index contributed by atoms with van der Waals surface area (Å²) in [5.41, 5.74) is 0.676. The van der Waals surface area contributed by atoms with Crippen LogP contribution in [0.4, 0.5) is 0 Å². The molecule has 2 heterocycles. The van der Waals surface area contributed by atoms with Gasteiger partial charge in [0.2, 0.25) is 11.8 Å². The molecular weight excluding hydrogens is 210 g/mol. The van der Waals surface area contributed by atoms with Gasteiger partial charge in [-0.3, -0.25) is 9.59 Å². The number of amides is 2. The zero-order valence-electron chi connectivity index (χ0n) is 8.95. The van der Waals surface area contributed by atoms with Gasteiger partial charge < -0.3 is 15.2 Å². The van der Waals surface area contributed by atoms with Gasteiger partial charge in [0.1, 0.15) is 17.5 Å². The molecule has 2 amide bonds. The summed E-state index contributed by atoms with van der Waals surface area (Å²) in [5.74, 6) is 0.461. The molecule has 1 atom stereocenters. The monoisotopic (exact) mass is 223 g/mol. The summed E-state index contributed by atoms with van der Waals surface area (Å²) in [6, 6.07) is 1.36. The molecule has 1 aliphatic heterocycles. The Balaban J connectivity index is 1.82. The molecule has 0 aliphatic carbocycles. The number of nitrogens with zero attached hydrogens (tertiary/aromatic N) is 1. The average Bonchev–Trinajstić information content (AvgIpc) is 2.84.